The molecule has 0 aliphatic carbocycles. The van der Waals surface area contributed by atoms with Gasteiger partial charge >= 0.3 is 5.97 Å². The van der Waals surface area contributed by atoms with Crippen LogP contribution in [0.4, 0.5) is 0 Å². The summed E-state index contributed by atoms with van der Waals surface area (Å²) in [6.45, 7) is 3.38. The lowest BCUT2D eigenvalue weighted by Crippen LogP contribution is -2.24. The summed E-state index contributed by atoms with van der Waals surface area (Å²) < 4.78 is 0. The van der Waals surface area contributed by atoms with Crippen LogP contribution in [0.2, 0.25) is 0 Å². The van der Waals surface area contributed by atoms with Crippen molar-refractivity contribution in [2.75, 3.05) is 0 Å². The maximum atomic E-state index is 10.9. The van der Waals surface area contributed by atoms with E-state index >= 15 is 0 Å². The number of amides is 1. The molecule has 0 radical (unpaired) electrons. The summed E-state index contributed by atoms with van der Waals surface area (Å²) in [4.78, 5) is 21.8. The molecule has 0 atom stereocenters. The topological polar surface area (TPSA) is 66.4 Å². The molecular formula is C14H17NO3. The third-order valence-electron chi connectivity index (χ3n) is 2.37. The SMILES string of the molecule is CCCc1ccc(/C=C(/NC(C)=O)C(=O)O)cc1. The van der Waals surface area contributed by atoms with Crippen molar-refractivity contribution in [3.8, 4) is 0 Å². The van der Waals surface area contributed by atoms with Crippen LogP contribution in [-0.4, -0.2) is 17.0 Å². The number of aryl methyl sites for hydroxylation is 1. The highest BCUT2D eigenvalue weighted by Gasteiger charge is 2.08. The molecule has 0 aromatic heterocycles. The Morgan fingerprint density at radius 3 is 2.33 bits per heavy atom. The number of hydrogen-bond donors (Lipinski definition) is 2. The molecule has 0 aliphatic heterocycles. The average molecular weight is 247 g/mol. The zero-order chi connectivity index (χ0) is 13.5. The Morgan fingerprint density at radius 2 is 1.89 bits per heavy atom. The van der Waals surface area contributed by atoms with Gasteiger partial charge in [-0.15, -0.1) is 0 Å². The van der Waals surface area contributed by atoms with Crippen LogP contribution in [-0.2, 0) is 16.0 Å². The fourth-order valence-electron chi connectivity index (χ4n) is 1.58. The summed E-state index contributed by atoms with van der Waals surface area (Å²) in [5.74, 6) is -1.55. The number of benzene rings is 1. The second-order valence-corrected chi connectivity index (χ2v) is 4.04. The minimum atomic E-state index is -1.15. The van der Waals surface area contributed by atoms with Crippen LogP contribution < -0.4 is 5.32 Å². The van der Waals surface area contributed by atoms with Crippen molar-refractivity contribution in [2.24, 2.45) is 0 Å². The van der Waals surface area contributed by atoms with Crippen LogP contribution in [0, 0.1) is 0 Å². The highest BCUT2D eigenvalue weighted by molar-refractivity contribution is 5.96. The molecule has 0 bridgehead atoms. The zero-order valence-corrected chi connectivity index (χ0v) is 10.6. The Morgan fingerprint density at radius 1 is 1.28 bits per heavy atom. The van der Waals surface area contributed by atoms with Gasteiger partial charge in [-0.25, -0.2) is 4.79 Å². The normalized spacial score (nSPS) is 11.1. The molecule has 1 rings (SSSR count). The highest BCUT2D eigenvalue weighted by Crippen LogP contribution is 2.10. The molecule has 0 aliphatic rings. The summed E-state index contributed by atoms with van der Waals surface area (Å²) in [5, 5.41) is 11.2. The van der Waals surface area contributed by atoms with E-state index in [2.05, 4.69) is 12.2 Å². The van der Waals surface area contributed by atoms with Crippen LogP contribution in [0.3, 0.4) is 0 Å². The first-order chi connectivity index (χ1) is 8.52. The summed E-state index contributed by atoms with van der Waals surface area (Å²) in [7, 11) is 0. The Kier molecular flexibility index (Phi) is 5.11. The van der Waals surface area contributed by atoms with Gasteiger partial charge in [-0.3, -0.25) is 4.79 Å². The van der Waals surface area contributed by atoms with Crippen LogP contribution in [0.1, 0.15) is 31.4 Å². The van der Waals surface area contributed by atoms with Crippen LogP contribution in [0.25, 0.3) is 6.08 Å². The molecule has 1 amide bonds. The van der Waals surface area contributed by atoms with Crippen molar-refractivity contribution in [1.29, 1.82) is 0 Å². The average Bonchev–Trinajstić information content (AvgIpc) is 2.30. The molecule has 4 nitrogen and oxygen atoms in total. The van der Waals surface area contributed by atoms with Crippen molar-refractivity contribution in [3.05, 3.63) is 41.1 Å². The molecule has 0 saturated heterocycles. The van der Waals surface area contributed by atoms with Crippen molar-refractivity contribution in [1.82, 2.24) is 5.32 Å². The number of hydrogen-bond acceptors (Lipinski definition) is 2. The fraction of sp³-hybridized carbons (Fsp3) is 0.286. The molecule has 96 valence electrons. The lowest BCUT2D eigenvalue weighted by molar-refractivity contribution is -0.134. The van der Waals surface area contributed by atoms with Gasteiger partial charge in [0, 0.05) is 6.92 Å². The Balaban J connectivity index is 2.90. The number of aliphatic carboxylic acids is 1. The van der Waals surface area contributed by atoms with Crippen molar-refractivity contribution in [2.45, 2.75) is 26.7 Å². The van der Waals surface area contributed by atoms with E-state index in [0.29, 0.717) is 0 Å². The summed E-state index contributed by atoms with van der Waals surface area (Å²) in [6.07, 6.45) is 3.52. The molecule has 0 heterocycles. The summed E-state index contributed by atoms with van der Waals surface area (Å²) in [6, 6.07) is 7.61. The molecule has 2 N–H and O–H groups in total. The summed E-state index contributed by atoms with van der Waals surface area (Å²) >= 11 is 0. The number of rotatable bonds is 5. The first-order valence-corrected chi connectivity index (χ1v) is 5.84. The predicted molar refractivity (Wildman–Crippen MR) is 69.9 cm³/mol. The van der Waals surface area contributed by atoms with E-state index in [1.807, 2.05) is 24.3 Å². The van der Waals surface area contributed by atoms with E-state index in [1.54, 1.807) is 0 Å². The molecule has 1 aromatic rings. The molecule has 0 spiro atoms. The minimum Gasteiger partial charge on any atom is -0.477 e. The van der Waals surface area contributed by atoms with Gasteiger partial charge in [-0.05, 0) is 23.6 Å². The van der Waals surface area contributed by atoms with Crippen LogP contribution in [0.15, 0.2) is 30.0 Å². The quantitative estimate of drug-likeness (QED) is 0.784. The fourth-order valence-corrected chi connectivity index (χ4v) is 1.58. The highest BCUT2D eigenvalue weighted by atomic mass is 16.4. The van der Waals surface area contributed by atoms with E-state index in [9.17, 15) is 9.59 Å². The third-order valence-corrected chi connectivity index (χ3v) is 2.37. The van der Waals surface area contributed by atoms with Crippen molar-refractivity contribution >= 4 is 18.0 Å². The predicted octanol–water partition coefficient (Wildman–Crippen LogP) is 2.20. The number of carbonyl (C=O) groups is 2. The Bertz CT molecular complexity index is 460. The van der Waals surface area contributed by atoms with Gasteiger partial charge in [0.2, 0.25) is 5.91 Å². The van der Waals surface area contributed by atoms with Crippen molar-refractivity contribution in [3.63, 3.8) is 0 Å². The first-order valence-electron chi connectivity index (χ1n) is 5.84. The molecule has 0 fully saturated rings. The zero-order valence-electron chi connectivity index (χ0n) is 10.6. The first kappa shape index (κ1) is 14.0. The summed E-state index contributed by atoms with van der Waals surface area (Å²) in [5.41, 5.74) is 1.85. The minimum absolute atomic E-state index is 0.120. The molecule has 0 unspecified atom stereocenters. The van der Waals surface area contributed by atoms with Gasteiger partial charge in [0.25, 0.3) is 0 Å². The number of carbonyl (C=O) groups excluding carboxylic acids is 1. The van der Waals surface area contributed by atoms with Gasteiger partial charge in [0.1, 0.15) is 5.70 Å². The second kappa shape index (κ2) is 6.59. The lowest BCUT2D eigenvalue weighted by Gasteiger charge is -2.04. The second-order valence-electron chi connectivity index (χ2n) is 4.04. The maximum Gasteiger partial charge on any atom is 0.352 e. The smallest absolute Gasteiger partial charge is 0.352 e. The Labute approximate surface area is 106 Å². The Hall–Kier alpha value is -2.10. The van der Waals surface area contributed by atoms with Crippen LogP contribution in [0.5, 0.6) is 0 Å². The van der Waals surface area contributed by atoms with E-state index < -0.39 is 11.9 Å². The maximum absolute atomic E-state index is 10.9. The van der Waals surface area contributed by atoms with E-state index in [-0.39, 0.29) is 5.70 Å². The number of nitrogens with one attached hydrogen (secondary N) is 1. The number of carboxylic acid groups (broad SMARTS) is 1. The monoisotopic (exact) mass is 247 g/mol. The molecule has 0 saturated carbocycles. The van der Waals surface area contributed by atoms with E-state index in [4.69, 9.17) is 5.11 Å². The van der Waals surface area contributed by atoms with Gasteiger partial charge in [-0.2, -0.15) is 0 Å². The standard InChI is InChI=1S/C14H17NO3/c1-3-4-11-5-7-12(8-6-11)9-13(14(17)18)15-10(2)16/h5-9H,3-4H2,1-2H3,(H,15,16)(H,17,18)/b13-9+. The molecular weight excluding hydrogens is 230 g/mol. The lowest BCUT2D eigenvalue weighted by atomic mass is 10.1. The van der Waals surface area contributed by atoms with Gasteiger partial charge < -0.3 is 10.4 Å². The third kappa shape index (κ3) is 4.41. The van der Waals surface area contributed by atoms with Gasteiger partial charge in [0.15, 0.2) is 0 Å². The van der Waals surface area contributed by atoms with Gasteiger partial charge in [0.05, 0.1) is 0 Å². The molecule has 18 heavy (non-hydrogen) atoms. The van der Waals surface area contributed by atoms with E-state index in [0.717, 1.165) is 18.4 Å². The van der Waals surface area contributed by atoms with Crippen LogP contribution >= 0.6 is 0 Å². The molecule has 4 heteroatoms. The van der Waals surface area contributed by atoms with Gasteiger partial charge in [-0.1, -0.05) is 37.6 Å². The largest absolute Gasteiger partial charge is 0.477 e. The molecule has 1 aromatic carbocycles. The van der Waals surface area contributed by atoms with Crippen molar-refractivity contribution < 1.29 is 14.7 Å². The van der Waals surface area contributed by atoms with E-state index in [1.165, 1.54) is 18.6 Å². The number of carboxylic acids is 1.